The summed E-state index contributed by atoms with van der Waals surface area (Å²) >= 11 is 0. The summed E-state index contributed by atoms with van der Waals surface area (Å²) in [6.07, 6.45) is 0.787. The first kappa shape index (κ1) is 17.5. The van der Waals surface area contributed by atoms with Gasteiger partial charge in [-0.3, -0.25) is 4.72 Å². The highest BCUT2D eigenvalue weighted by molar-refractivity contribution is 7.92. The van der Waals surface area contributed by atoms with Gasteiger partial charge >= 0.3 is 0 Å². The zero-order valence-electron chi connectivity index (χ0n) is 14.3. The number of hydrogen-bond acceptors (Lipinski definition) is 4. The number of halogens is 1. The van der Waals surface area contributed by atoms with Gasteiger partial charge in [0.25, 0.3) is 10.0 Å². The molecular formula is C18H20FNO4S. The van der Waals surface area contributed by atoms with Crippen LogP contribution in [-0.2, 0) is 16.4 Å². The van der Waals surface area contributed by atoms with Gasteiger partial charge in [0.1, 0.15) is 23.4 Å². The third kappa shape index (κ3) is 3.56. The Kier molecular flexibility index (Phi) is 4.60. The lowest BCUT2D eigenvalue weighted by molar-refractivity contribution is 0.254. The Morgan fingerprint density at radius 1 is 1.32 bits per heavy atom. The van der Waals surface area contributed by atoms with E-state index in [-0.39, 0.29) is 11.0 Å². The molecule has 1 atom stereocenters. The van der Waals surface area contributed by atoms with Crippen molar-refractivity contribution in [3.8, 4) is 11.5 Å². The van der Waals surface area contributed by atoms with Crippen LogP contribution >= 0.6 is 0 Å². The van der Waals surface area contributed by atoms with E-state index < -0.39 is 15.8 Å². The van der Waals surface area contributed by atoms with Crippen molar-refractivity contribution >= 4 is 15.7 Å². The van der Waals surface area contributed by atoms with Gasteiger partial charge < -0.3 is 9.47 Å². The Morgan fingerprint density at radius 2 is 2.08 bits per heavy atom. The van der Waals surface area contributed by atoms with E-state index in [0.717, 1.165) is 18.1 Å². The maximum atomic E-state index is 13.3. The average Bonchev–Trinajstić information content (AvgIpc) is 2.86. The smallest absolute Gasteiger partial charge is 0.262 e. The van der Waals surface area contributed by atoms with Gasteiger partial charge in [0.05, 0.1) is 17.2 Å². The van der Waals surface area contributed by atoms with Crippen LogP contribution < -0.4 is 14.2 Å². The summed E-state index contributed by atoms with van der Waals surface area (Å²) in [6, 6.07) is 7.00. The first-order chi connectivity index (χ1) is 11.8. The standard InChI is InChI=1S/C18H20FNO4S/c1-4-23-17-9-13-8-12(3)24-16(13)10-15(17)20-25(21,22)18-6-5-14(19)7-11(18)2/h5-7,9-10,12,20H,4,8H2,1-3H3. The Labute approximate surface area is 146 Å². The minimum Gasteiger partial charge on any atom is -0.492 e. The van der Waals surface area contributed by atoms with Gasteiger partial charge in [-0.25, -0.2) is 12.8 Å². The van der Waals surface area contributed by atoms with Gasteiger partial charge in [0.15, 0.2) is 0 Å². The lowest BCUT2D eigenvalue weighted by Crippen LogP contribution is -2.15. The van der Waals surface area contributed by atoms with Gasteiger partial charge in [0.2, 0.25) is 0 Å². The molecule has 2 aromatic rings. The van der Waals surface area contributed by atoms with Crippen molar-refractivity contribution in [3.05, 3.63) is 47.3 Å². The van der Waals surface area contributed by atoms with Crippen molar-refractivity contribution < 1.29 is 22.3 Å². The molecule has 2 aromatic carbocycles. The quantitative estimate of drug-likeness (QED) is 0.878. The molecule has 25 heavy (non-hydrogen) atoms. The van der Waals surface area contributed by atoms with Crippen molar-refractivity contribution in [2.24, 2.45) is 0 Å². The zero-order chi connectivity index (χ0) is 18.2. The van der Waals surface area contributed by atoms with Crippen LogP contribution in [0.1, 0.15) is 25.0 Å². The number of nitrogens with one attached hydrogen (secondary N) is 1. The predicted octanol–water partition coefficient (Wildman–Crippen LogP) is 3.66. The second-order valence-electron chi connectivity index (χ2n) is 6.04. The number of ether oxygens (including phenoxy) is 2. The highest BCUT2D eigenvalue weighted by Crippen LogP contribution is 2.39. The average molecular weight is 365 g/mol. The molecule has 0 aliphatic carbocycles. The molecule has 0 spiro atoms. The van der Waals surface area contributed by atoms with Crippen molar-refractivity contribution in [3.63, 3.8) is 0 Å². The summed E-state index contributed by atoms with van der Waals surface area (Å²) < 4.78 is 52.5. The third-order valence-corrected chi connectivity index (χ3v) is 5.49. The van der Waals surface area contributed by atoms with Gasteiger partial charge in [-0.1, -0.05) is 0 Å². The summed E-state index contributed by atoms with van der Waals surface area (Å²) in [6.45, 7) is 5.73. The number of aryl methyl sites for hydroxylation is 1. The molecule has 0 amide bonds. The zero-order valence-corrected chi connectivity index (χ0v) is 15.1. The van der Waals surface area contributed by atoms with Crippen LogP contribution in [0.5, 0.6) is 11.5 Å². The lowest BCUT2D eigenvalue weighted by Gasteiger charge is -2.15. The monoisotopic (exact) mass is 365 g/mol. The molecule has 0 radical (unpaired) electrons. The number of anilines is 1. The van der Waals surface area contributed by atoms with Crippen LogP contribution in [0.2, 0.25) is 0 Å². The topological polar surface area (TPSA) is 64.6 Å². The molecule has 1 aliphatic rings. The molecule has 134 valence electrons. The highest BCUT2D eigenvalue weighted by Gasteiger charge is 2.25. The molecule has 3 rings (SSSR count). The Hall–Kier alpha value is -2.28. The number of rotatable bonds is 5. The normalized spacial score (nSPS) is 16.2. The van der Waals surface area contributed by atoms with Gasteiger partial charge in [0, 0.05) is 18.1 Å². The summed E-state index contributed by atoms with van der Waals surface area (Å²) in [5.41, 5.74) is 1.62. The summed E-state index contributed by atoms with van der Waals surface area (Å²) in [7, 11) is -3.88. The lowest BCUT2D eigenvalue weighted by atomic mass is 10.1. The van der Waals surface area contributed by atoms with E-state index >= 15 is 0 Å². The van der Waals surface area contributed by atoms with E-state index in [4.69, 9.17) is 9.47 Å². The summed E-state index contributed by atoms with van der Waals surface area (Å²) in [5, 5.41) is 0. The van der Waals surface area contributed by atoms with Crippen molar-refractivity contribution in [1.82, 2.24) is 0 Å². The third-order valence-electron chi connectivity index (χ3n) is 3.97. The molecular weight excluding hydrogens is 345 g/mol. The van der Waals surface area contributed by atoms with Gasteiger partial charge in [-0.05, 0) is 50.6 Å². The molecule has 1 heterocycles. The number of fused-ring (bicyclic) bond motifs is 1. The summed E-state index contributed by atoms with van der Waals surface area (Å²) in [5.74, 6) is 0.609. The molecule has 0 aromatic heterocycles. The van der Waals surface area contributed by atoms with E-state index in [9.17, 15) is 12.8 Å². The van der Waals surface area contributed by atoms with Crippen molar-refractivity contribution in [1.29, 1.82) is 0 Å². The first-order valence-corrected chi connectivity index (χ1v) is 9.54. The highest BCUT2D eigenvalue weighted by atomic mass is 32.2. The van der Waals surface area contributed by atoms with Crippen molar-refractivity contribution in [2.45, 2.75) is 38.2 Å². The SMILES string of the molecule is CCOc1cc2c(cc1NS(=O)(=O)c1ccc(F)cc1C)OC(C)C2. The van der Waals surface area contributed by atoms with Crippen LogP contribution in [0, 0.1) is 12.7 Å². The second kappa shape index (κ2) is 6.55. The van der Waals surface area contributed by atoms with Gasteiger partial charge in [-0.15, -0.1) is 0 Å². The minimum absolute atomic E-state index is 0.0196. The molecule has 5 nitrogen and oxygen atoms in total. The largest absolute Gasteiger partial charge is 0.492 e. The first-order valence-electron chi connectivity index (χ1n) is 8.05. The maximum absolute atomic E-state index is 13.3. The molecule has 0 saturated heterocycles. The van der Waals surface area contributed by atoms with Crippen molar-refractivity contribution in [2.75, 3.05) is 11.3 Å². The fourth-order valence-corrected chi connectivity index (χ4v) is 4.20. The molecule has 1 N–H and O–H groups in total. The van der Waals surface area contributed by atoms with Crippen LogP contribution in [0.25, 0.3) is 0 Å². The molecule has 0 bridgehead atoms. The molecule has 0 saturated carbocycles. The van der Waals surface area contributed by atoms with E-state index in [1.807, 2.05) is 13.8 Å². The van der Waals surface area contributed by atoms with E-state index in [2.05, 4.69) is 4.72 Å². The number of hydrogen-bond donors (Lipinski definition) is 1. The Morgan fingerprint density at radius 3 is 2.76 bits per heavy atom. The predicted molar refractivity (Wildman–Crippen MR) is 93.4 cm³/mol. The van der Waals surface area contributed by atoms with Crippen LogP contribution in [0.4, 0.5) is 10.1 Å². The second-order valence-corrected chi connectivity index (χ2v) is 7.69. The fourth-order valence-electron chi connectivity index (χ4n) is 2.91. The fraction of sp³-hybridized carbons (Fsp3) is 0.333. The van der Waals surface area contributed by atoms with Crippen LogP contribution in [0.3, 0.4) is 0 Å². The minimum atomic E-state index is -3.88. The Bertz CT molecular complexity index is 912. The molecule has 0 fully saturated rings. The molecule has 1 unspecified atom stereocenters. The summed E-state index contributed by atoms with van der Waals surface area (Å²) in [4.78, 5) is 0.0196. The van der Waals surface area contributed by atoms with E-state index in [1.54, 1.807) is 19.1 Å². The van der Waals surface area contributed by atoms with Crippen LogP contribution in [0.15, 0.2) is 35.2 Å². The van der Waals surface area contributed by atoms with E-state index in [0.29, 0.717) is 29.4 Å². The maximum Gasteiger partial charge on any atom is 0.262 e. The number of sulfonamides is 1. The molecule has 1 aliphatic heterocycles. The molecule has 7 heteroatoms. The van der Waals surface area contributed by atoms with E-state index in [1.165, 1.54) is 12.1 Å². The van der Waals surface area contributed by atoms with Gasteiger partial charge in [-0.2, -0.15) is 0 Å². The number of benzene rings is 2. The van der Waals surface area contributed by atoms with Crippen LogP contribution in [-0.4, -0.2) is 21.1 Å². The Balaban J connectivity index is 2.00.